The molecule has 0 radical (unpaired) electrons. The van der Waals surface area contributed by atoms with Gasteiger partial charge in [0.05, 0.1) is 11.8 Å². The van der Waals surface area contributed by atoms with Crippen LogP contribution in [0.1, 0.15) is 37.5 Å². The Hall–Kier alpha value is -3.32. The van der Waals surface area contributed by atoms with Crippen molar-refractivity contribution in [3.63, 3.8) is 0 Å². The number of pyridine rings is 1. The second-order valence-electron chi connectivity index (χ2n) is 8.45. The van der Waals surface area contributed by atoms with E-state index in [0.717, 1.165) is 17.4 Å². The molecule has 162 valence electrons. The molecule has 7 heteroatoms. The first-order valence-corrected chi connectivity index (χ1v) is 11.6. The lowest BCUT2D eigenvalue weighted by atomic mass is 9.83. The molecule has 0 atom stereocenters. The number of hydrogen-bond donors (Lipinski definition) is 3. The fourth-order valence-corrected chi connectivity index (χ4v) is 3.68. The number of phenols is 1. The zero-order valence-corrected chi connectivity index (χ0v) is 18.7. The molecule has 0 unspecified atom stereocenters. The molecule has 2 aromatic carbocycles. The second-order valence-corrected chi connectivity index (χ2v) is 10.2. The molecule has 0 spiro atoms. The van der Waals surface area contributed by atoms with Crippen LogP contribution in [0.15, 0.2) is 59.5 Å². The summed E-state index contributed by atoms with van der Waals surface area (Å²) in [5.41, 5.74) is 3.29. The largest absolute Gasteiger partial charge is 0.507 e. The van der Waals surface area contributed by atoms with Crippen LogP contribution in [0.25, 0.3) is 23.3 Å². The molecule has 0 aliphatic heterocycles. The normalized spacial score (nSPS) is 12.3. The Kier molecular flexibility index (Phi) is 6.08. The molecule has 0 saturated heterocycles. The zero-order chi connectivity index (χ0) is 22.8. The van der Waals surface area contributed by atoms with Crippen LogP contribution in [-0.4, -0.2) is 24.8 Å². The average Bonchev–Trinajstić information content (AvgIpc) is 2.67. The number of aromatic hydroxyl groups is 1. The minimum atomic E-state index is -3.33. The highest BCUT2D eigenvalue weighted by molar-refractivity contribution is 7.92. The predicted octanol–water partition coefficient (Wildman–Crippen LogP) is 4.59. The van der Waals surface area contributed by atoms with Crippen molar-refractivity contribution in [3.8, 4) is 16.9 Å². The quantitative estimate of drug-likeness (QED) is 0.508. The Bertz CT molecular complexity index is 1280. The second kappa shape index (κ2) is 8.43. The molecule has 0 fully saturated rings. The number of hydrogen-bond acceptors (Lipinski definition) is 4. The Labute approximate surface area is 182 Å². The van der Waals surface area contributed by atoms with Crippen molar-refractivity contribution < 1.29 is 13.5 Å². The number of aromatic nitrogens is 1. The summed E-state index contributed by atoms with van der Waals surface area (Å²) in [5.74, 6) is 0.0244. The summed E-state index contributed by atoms with van der Waals surface area (Å²) in [5, 5.41) is 10.9. The number of rotatable bonds is 5. The molecule has 6 nitrogen and oxygen atoms in total. The van der Waals surface area contributed by atoms with E-state index in [0.29, 0.717) is 22.4 Å². The zero-order valence-electron chi connectivity index (χ0n) is 17.9. The van der Waals surface area contributed by atoms with Crippen LogP contribution in [-0.2, 0) is 15.4 Å². The lowest BCUT2D eigenvalue weighted by molar-refractivity contribution is 0.474. The molecule has 3 aromatic rings. The molecule has 0 aliphatic rings. The van der Waals surface area contributed by atoms with Crippen molar-refractivity contribution >= 4 is 27.9 Å². The minimum Gasteiger partial charge on any atom is -0.507 e. The van der Waals surface area contributed by atoms with Crippen molar-refractivity contribution in [1.29, 1.82) is 0 Å². The van der Waals surface area contributed by atoms with Gasteiger partial charge in [-0.15, -0.1) is 0 Å². The van der Waals surface area contributed by atoms with Gasteiger partial charge in [0.25, 0.3) is 5.56 Å². The topological polar surface area (TPSA) is 99.3 Å². The van der Waals surface area contributed by atoms with Crippen molar-refractivity contribution in [1.82, 2.24) is 4.98 Å². The van der Waals surface area contributed by atoms with Crippen LogP contribution in [0.2, 0.25) is 0 Å². The third kappa shape index (κ3) is 5.64. The summed E-state index contributed by atoms with van der Waals surface area (Å²) < 4.78 is 25.1. The fraction of sp³-hybridized carbons (Fsp3) is 0.208. The molecule has 1 aromatic heterocycles. The van der Waals surface area contributed by atoms with E-state index in [2.05, 4.69) is 30.5 Å². The lowest BCUT2D eigenvalue weighted by Crippen LogP contribution is -2.13. The molecule has 0 aliphatic carbocycles. The van der Waals surface area contributed by atoms with Gasteiger partial charge in [0, 0.05) is 23.0 Å². The van der Waals surface area contributed by atoms with Crippen LogP contribution in [0.4, 0.5) is 5.69 Å². The Morgan fingerprint density at radius 1 is 1.00 bits per heavy atom. The number of anilines is 1. The monoisotopic (exact) mass is 438 g/mol. The van der Waals surface area contributed by atoms with Crippen molar-refractivity contribution in [2.75, 3.05) is 11.0 Å². The summed E-state index contributed by atoms with van der Waals surface area (Å²) in [6.07, 6.45) is 6.26. The van der Waals surface area contributed by atoms with Crippen LogP contribution in [0, 0.1) is 0 Å². The van der Waals surface area contributed by atoms with Crippen molar-refractivity contribution in [2.45, 2.75) is 26.2 Å². The van der Waals surface area contributed by atoms with Gasteiger partial charge in [0.15, 0.2) is 0 Å². The van der Waals surface area contributed by atoms with E-state index in [1.165, 1.54) is 0 Å². The van der Waals surface area contributed by atoms with Crippen molar-refractivity contribution in [3.05, 3.63) is 81.8 Å². The van der Waals surface area contributed by atoms with E-state index in [1.54, 1.807) is 48.7 Å². The summed E-state index contributed by atoms with van der Waals surface area (Å²) in [6, 6.07) is 14.1. The average molecular weight is 439 g/mol. The highest BCUT2D eigenvalue weighted by Gasteiger charge is 2.19. The maximum atomic E-state index is 12.3. The molecular formula is C24H26N2O4S. The smallest absolute Gasteiger partial charge is 0.255 e. The first-order valence-electron chi connectivity index (χ1n) is 9.75. The molecule has 31 heavy (non-hydrogen) atoms. The third-order valence-electron chi connectivity index (χ3n) is 4.78. The summed E-state index contributed by atoms with van der Waals surface area (Å²) in [4.78, 5) is 15.0. The highest BCUT2D eigenvalue weighted by Crippen LogP contribution is 2.37. The number of H-pyrrole nitrogens is 1. The Balaban J connectivity index is 2.03. The first kappa shape index (κ1) is 22.4. The molecule has 0 amide bonds. The van der Waals surface area contributed by atoms with Gasteiger partial charge in [-0.3, -0.25) is 9.52 Å². The fourth-order valence-electron chi connectivity index (χ4n) is 3.12. The van der Waals surface area contributed by atoms with E-state index in [-0.39, 0.29) is 16.7 Å². The maximum absolute atomic E-state index is 12.3. The lowest BCUT2D eigenvalue weighted by Gasteiger charge is -2.22. The molecule has 3 rings (SSSR count). The Morgan fingerprint density at radius 2 is 1.68 bits per heavy atom. The van der Waals surface area contributed by atoms with Crippen LogP contribution < -0.4 is 10.3 Å². The summed E-state index contributed by atoms with van der Waals surface area (Å²) >= 11 is 0. The van der Waals surface area contributed by atoms with Crippen LogP contribution in [0.5, 0.6) is 5.75 Å². The molecule has 0 saturated carbocycles. The van der Waals surface area contributed by atoms with Crippen molar-refractivity contribution in [2.24, 2.45) is 0 Å². The van der Waals surface area contributed by atoms with Crippen LogP contribution in [0.3, 0.4) is 0 Å². The van der Waals surface area contributed by atoms with E-state index in [4.69, 9.17) is 0 Å². The standard InChI is InChI=1S/C24H26N2O4S/c1-24(2,3)18-14-17(22(27)21(15-18)20-6-5-13-25-23(20)28)10-7-16-8-11-19(12-9-16)26-31(4,29)30/h5-15,26-27H,1-4H3,(H,25,28). The Morgan fingerprint density at radius 3 is 2.26 bits per heavy atom. The van der Waals surface area contributed by atoms with E-state index < -0.39 is 10.0 Å². The number of sulfonamides is 1. The molecule has 0 bridgehead atoms. The third-order valence-corrected chi connectivity index (χ3v) is 5.39. The molecular weight excluding hydrogens is 412 g/mol. The molecule has 1 heterocycles. The number of nitrogens with one attached hydrogen (secondary N) is 2. The molecule has 3 N–H and O–H groups in total. The maximum Gasteiger partial charge on any atom is 0.255 e. The number of aromatic amines is 1. The van der Waals surface area contributed by atoms with Gasteiger partial charge < -0.3 is 10.1 Å². The summed E-state index contributed by atoms with van der Waals surface area (Å²) in [6.45, 7) is 6.21. The number of benzene rings is 2. The van der Waals surface area contributed by atoms with Gasteiger partial charge in [-0.1, -0.05) is 45.1 Å². The van der Waals surface area contributed by atoms with Gasteiger partial charge in [0.1, 0.15) is 5.75 Å². The predicted molar refractivity (Wildman–Crippen MR) is 127 cm³/mol. The SMILES string of the molecule is CC(C)(C)c1cc(C=Cc2ccc(NS(C)(=O)=O)cc2)c(O)c(-c2ccc[nH]c2=O)c1. The minimum absolute atomic E-state index is 0.0244. The highest BCUT2D eigenvalue weighted by atomic mass is 32.2. The van der Waals surface area contributed by atoms with E-state index >= 15 is 0 Å². The van der Waals surface area contributed by atoms with Gasteiger partial charge in [-0.05, 0) is 52.9 Å². The van der Waals surface area contributed by atoms with Gasteiger partial charge in [0.2, 0.25) is 10.0 Å². The van der Waals surface area contributed by atoms with Gasteiger partial charge in [-0.25, -0.2) is 8.42 Å². The number of phenolic OH excluding ortho intramolecular Hbond substituents is 1. The van der Waals surface area contributed by atoms with Gasteiger partial charge >= 0.3 is 0 Å². The van der Waals surface area contributed by atoms with Gasteiger partial charge in [-0.2, -0.15) is 0 Å². The van der Waals surface area contributed by atoms with E-state index in [1.807, 2.05) is 18.2 Å². The van der Waals surface area contributed by atoms with Crippen LogP contribution >= 0.6 is 0 Å². The van der Waals surface area contributed by atoms with E-state index in [9.17, 15) is 18.3 Å². The summed E-state index contributed by atoms with van der Waals surface area (Å²) in [7, 11) is -3.33. The first-order chi connectivity index (χ1) is 14.4.